The van der Waals surface area contributed by atoms with Crippen LogP contribution >= 0.6 is 0 Å². The normalized spacial score (nSPS) is 12.2. The van der Waals surface area contributed by atoms with Crippen LogP contribution in [-0.2, 0) is 16.5 Å². The van der Waals surface area contributed by atoms with Gasteiger partial charge in [0.1, 0.15) is 16.7 Å². The molecule has 0 bridgehead atoms. The van der Waals surface area contributed by atoms with Gasteiger partial charge in [0, 0.05) is 7.05 Å². The number of ether oxygens (including phenoxy) is 2. The first-order chi connectivity index (χ1) is 11.8. The molecule has 142 valence electrons. The summed E-state index contributed by atoms with van der Waals surface area (Å²) >= 11 is 0. The molecule has 2 aromatic heterocycles. The lowest BCUT2D eigenvalue weighted by Gasteiger charge is -2.27. The Morgan fingerprint density at radius 3 is 1.96 bits per heavy atom. The zero-order chi connectivity index (χ0) is 19.9. The van der Waals surface area contributed by atoms with Crippen molar-refractivity contribution >= 4 is 29.3 Å². The molecule has 0 fully saturated rings. The average molecular weight is 363 g/mol. The molecule has 0 aromatic carbocycles. The standard InChI is InChI=1S/C17H25N5O4/c1-10-11-12(21(8)9-18-11)20-13(19-10)22(14(23)25-16(2,3)4)15(24)26-17(5,6)7/h9H,1-8H3. The fraction of sp³-hybridized carbons (Fsp3) is 0.588. The van der Waals surface area contributed by atoms with Gasteiger partial charge < -0.3 is 14.0 Å². The molecule has 2 heterocycles. The number of hydrogen-bond donors (Lipinski definition) is 0. The van der Waals surface area contributed by atoms with Crippen LogP contribution in [0, 0.1) is 6.92 Å². The molecule has 0 aliphatic rings. The molecule has 2 amide bonds. The van der Waals surface area contributed by atoms with Gasteiger partial charge in [-0.05, 0) is 48.5 Å². The Kier molecular flexibility index (Phi) is 4.94. The van der Waals surface area contributed by atoms with Crippen molar-refractivity contribution in [2.24, 2.45) is 7.05 Å². The summed E-state index contributed by atoms with van der Waals surface area (Å²) in [5, 5.41) is 0. The predicted octanol–water partition coefficient (Wildman–Crippen LogP) is 3.35. The second kappa shape index (κ2) is 6.54. The van der Waals surface area contributed by atoms with Crippen molar-refractivity contribution in [3.05, 3.63) is 12.0 Å². The van der Waals surface area contributed by atoms with Crippen LogP contribution in [0.5, 0.6) is 0 Å². The summed E-state index contributed by atoms with van der Waals surface area (Å²) in [6, 6.07) is 0. The van der Waals surface area contributed by atoms with E-state index in [1.807, 2.05) is 0 Å². The van der Waals surface area contributed by atoms with Gasteiger partial charge in [0.2, 0.25) is 5.95 Å². The molecule has 0 spiro atoms. The first-order valence-electron chi connectivity index (χ1n) is 8.20. The maximum absolute atomic E-state index is 12.7. The van der Waals surface area contributed by atoms with Gasteiger partial charge >= 0.3 is 12.2 Å². The molecule has 0 unspecified atom stereocenters. The number of imidazole rings is 1. The topological polar surface area (TPSA) is 99.4 Å². The quantitative estimate of drug-likeness (QED) is 0.766. The van der Waals surface area contributed by atoms with Crippen LogP contribution in [0.15, 0.2) is 6.33 Å². The number of fused-ring (bicyclic) bond motifs is 1. The first kappa shape index (κ1) is 19.6. The Labute approximate surface area is 152 Å². The van der Waals surface area contributed by atoms with Gasteiger partial charge in [-0.25, -0.2) is 19.6 Å². The van der Waals surface area contributed by atoms with E-state index in [4.69, 9.17) is 9.47 Å². The lowest BCUT2D eigenvalue weighted by molar-refractivity contribution is 0.0427. The monoisotopic (exact) mass is 363 g/mol. The summed E-state index contributed by atoms with van der Waals surface area (Å²) in [4.78, 5) is 38.8. The number of anilines is 1. The molecule has 26 heavy (non-hydrogen) atoms. The molecule has 0 aliphatic carbocycles. The second-order valence-electron chi connectivity index (χ2n) is 7.93. The fourth-order valence-electron chi connectivity index (χ4n) is 2.09. The SMILES string of the molecule is Cc1nc(N(C(=O)OC(C)(C)C)C(=O)OC(C)(C)C)nc2c1ncn2C. The van der Waals surface area contributed by atoms with E-state index in [1.54, 1.807) is 66.4 Å². The highest BCUT2D eigenvalue weighted by Gasteiger charge is 2.35. The molecular formula is C17H25N5O4. The van der Waals surface area contributed by atoms with Crippen molar-refractivity contribution in [3.63, 3.8) is 0 Å². The van der Waals surface area contributed by atoms with E-state index in [-0.39, 0.29) is 5.95 Å². The Balaban J connectivity index is 2.54. The number of hydrogen-bond acceptors (Lipinski definition) is 7. The van der Waals surface area contributed by atoms with Gasteiger partial charge in [-0.15, -0.1) is 4.90 Å². The van der Waals surface area contributed by atoms with E-state index in [2.05, 4.69) is 15.0 Å². The van der Waals surface area contributed by atoms with Gasteiger partial charge in [0.15, 0.2) is 5.65 Å². The second-order valence-corrected chi connectivity index (χ2v) is 7.93. The maximum atomic E-state index is 12.7. The molecule has 2 rings (SSSR count). The van der Waals surface area contributed by atoms with Crippen LogP contribution in [-0.4, -0.2) is 42.9 Å². The van der Waals surface area contributed by atoms with E-state index in [0.717, 1.165) is 0 Å². The van der Waals surface area contributed by atoms with Crippen LogP contribution in [0.1, 0.15) is 47.2 Å². The van der Waals surface area contributed by atoms with E-state index < -0.39 is 23.4 Å². The van der Waals surface area contributed by atoms with Crippen LogP contribution in [0.3, 0.4) is 0 Å². The number of carbonyl (C=O) groups is 2. The number of imide groups is 1. The Bertz CT molecular complexity index is 817. The molecule has 0 saturated heterocycles. The molecule has 0 aliphatic heterocycles. The van der Waals surface area contributed by atoms with E-state index in [0.29, 0.717) is 21.8 Å². The van der Waals surface area contributed by atoms with Gasteiger partial charge in [-0.2, -0.15) is 4.98 Å². The van der Waals surface area contributed by atoms with Crippen molar-refractivity contribution < 1.29 is 19.1 Å². The van der Waals surface area contributed by atoms with Crippen molar-refractivity contribution in [3.8, 4) is 0 Å². The summed E-state index contributed by atoms with van der Waals surface area (Å²) in [6.07, 6.45) is -0.234. The van der Waals surface area contributed by atoms with Gasteiger partial charge in [-0.1, -0.05) is 0 Å². The summed E-state index contributed by atoms with van der Waals surface area (Å²) in [5.41, 5.74) is 0.00313. The van der Waals surface area contributed by atoms with Crippen LogP contribution in [0.2, 0.25) is 0 Å². The van der Waals surface area contributed by atoms with E-state index >= 15 is 0 Å². The number of nitrogens with zero attached hydrogens (tertiary/aromatic N) is 5. The minimum absolute atomic E-state index is 0.123. The molecule has 2 aromatic rings. The fourth-order valence-corrected chi connectivity index (χ4v) is 2.09. The van der Waals surface area contributed by atoms with Gasteiger partial charge in [0.25, 0.3) is 0 Å². The smallest absolute Gasteiger partial charge is 0.427 e. The number of aryl methyl sites for hydroxylation is 2. The molecule has 9 heteroatoms. The molecule has 0 radical (unpaired) electrons. The largest absolute Gasteiger partial charge is 0.443 e. The third-order valence-corrected chi connectivity index (χ3v) is 3.07. The minimum Gasteiger partial charge on any atom is -0.443 e. The van der Waals surface area contributed by atoms with Crippen molar-refractivity contribution in [2.45, 2.75) is 59.7 Å². The first-order valence-corrected chi connectivity index (χ1v) is 8.20. The molecular weight excluding hydrogens is 338 g/mol. The maximum Gasteiger partial charge on any atom is 0.427 e. The van der Waals surface area contributed by atoms with Crippen LogP contribution in [0.4, 0.5) is 15.5 Å². The predicted molar refractivity (Wildman–Crippen MR) is 96.0 cm³/mol. The minimum atomic E-state index is -0.910. The highest BCUT2D eigenvalue weighted by Crippen LogP contribution is 2.22. The zero-order valence-corrected chi connectivity index (χ0v) is 16.4. The summed E-state index contributed by atoms with van der Waals surface area (Å²) in [6.45, 7) is 11.9. The molecule has 0 N–H and O–H groups in total. The molecule has 0 saturated carbocycles. The Hall–Kier alpha value is -2.71. The number of amides is 2. The summed E-state index contributed by atoms with van der Waals surface area (Å²) < 4.78 is 12.4. The Morgan fingerprint density at radius 1 is 1.00 bits per heavy atom. The van der Waals surface area contributed by atoms with Crippen LogP contribution < -0.4 is 4.90 Å². The van der Waals surface area contributed by atoms with Gasteiger partial charge in [0.05, 0.1) is 12.0 Å². The highest BCUT2D eigenvalue weighted by atomic mass is 16.6. The molecule has 0 atom stereocenters. The Morgan fingerprint density at radius 2 is 1.50 bits per heavy atom. The van der Waals surface area contributed by atoms with Crippen molar-refractivity contribution in [1.82, 2.24) is 19.5 Å². The lowest BCUT2D eigenvalue weighted by Crippen LogP contribution is -2.44. The van der Waals surface area contributed by atoms with Crippen molar-refractivity contribution in [1.29, 1.82) is 0 Å². The van der Waals surface area contributed by atoms with E-state index in [9.17, 15) is 9.59 Å². The number of aromatic nitrogens is 4. The molecule has 9 nitrogen and oxygen atoms in total. The number of carbonyl (C=O) groups excluding carboxylic acids is 2. The zero-order valence-electron chi connectivity index (χ0n) is 16.4. The average Bonchev–Trinajstić information content (AvgIpc) is 2.77. The van der Waals surface area contributed by atoms with Crippen molar-refractivity contribution in [2.75, 3.05) is 4.90 Å². The van der Waals surface area contributed by atoms with E-state index in [1.165, 1.54) is 0 Å². The van der Waals surface area contributed by atoms with Gasteiger partial charge in [-0.3, -0.25) is 0 Å². The third kappa shape index (κ3) is 4.47. The lowest BCUT2D eigenvalue weighted by atomic mass is 10.2. The highest BCUT2D eigenvalue weighted by molar-refractivity contribution is 6.08. The number of rotatable bonds is 1. The van der Waals surface area contributed by atoms with Crippen LogP contribution in [0.25, 0.3) is 11.2 Å². The summed E-state index contributed by atoms with van der Waals surface area (Å²) in [7, 11) is 1.76. The third-order valence-electron chi connectivity index (χ3n) is 3.07. The summed E-state index contributed by atoms with van der Waals surface area (Å²) in [5.74, 6) is -0.123.